The fourth-order valence-corrected chi connectivity index (χ4v) is 4.20. The molecule has 1 fully saturated rings. The molecule has 1 N–H and O–H groups in total. The number of nitrogens with one attached hydrogen (secondary N) is 1. The van der Waals surface area contributed by atoms with Crippen LogP contribution in [0, 0.1) is 11.3 Å². The molecule has 0 spiro atoms. The number of nitrogens with zero attached hydrogens (tertiary/aromatic N) is 3. The Morgan fingerprint density at radius 3 is 1.83 bits per heavy atom. The Kier molecular flexibility index (Phi) is 6.38. The maximum Gasteiger partial charge on any atom is 0.173 e. The SMILES string of the molecule is N#Cc1ccc(NC(=S)N2CCN(C(c3ccccc3)c3ccccc3)CC2)cc1. The highest BCUT2D eigenvalue weighted by atomic mass is 32.1. The van der Waals surface area contributed by atoms with E-state index in [9.17, 15) is 0 Å². The van der Waals surface area contributed by atoms with Crippen molar-refractivity contribution in [2.75, 3.05) is 31.5 Å². The summed E-state index contributed by atoms with van der Waals surface area (Å²) in [4.78, 5) is 4.75. The number of benzene rings is 3. The van der Waals surface area contributed by atoms with Crippen molar-refractivity contribution in [1.82, 2.24) is 9.80 Å². The Hall–Kier alpha value is -3.20. The van der Waals surface area contributed by atoms with Crippen LogP contribution in [0.1, 0.15) is 22.7 Å². The van der Waals surface area contributed by atoms with Crippen molar-refractivity contribution >= 4 is 23.0 Å². The fourth-order valence-electron chi connectivity index (χ4n) is 3.90. The second-order valence-electron chi connectivity index (χ2n) is 7.37. The molecule has 150 valence electrons. The first-order chi connectivity index (χ1) is 14.7. The molecule has 0 amide bonds. The van der Waals surface area contributed by atoms with E-state index < -0.39 is 0 Å². The van der Waals surface area contributed by atoms with Gasteiger partial charge in [-0.25, -0.2) is 0 Å². The zero-order chi connectivity index (χ0) is 20.8. The van der Waals surface area contributed by atoms with Crippen molar-refractivity contribution in [2.24, 2.45) is 0 Å². The lowest BCUT2D eigenvalue weighted by Gasteiger charge is -2.40. The molecule has 5 heteroatoms. The van der Waals surface area contributed by atoms with Crippen LogP contribution in [0.15, 0.2) is 84.9 Å². The minimum absolute atomic E-state index is 0.245. The summed E-state index contributed by atoms with van der Waals surface area (Å²) < 4.78 is 0. The Balaban J connectivity index is 1.43. The number of anilines is 1. The van der Waals surface area contributed by atoms with Crippen LogP contribution in [0.2, 0.25) is 0 Å². The molecule has 0 unspecified atom stereocenters. The molecular formula is C25H24N4S. The van der Waals surface area contributed by atoms with Crippen molar-refractivity contribution in [1.29, 1.82) is 5.26 Å². The molecule has 0 aromatic heterocycles. The number of piperazine rings is 1. The number of hydrogen-bond acceptors (Lipinski definition) is 3. The van der Waals surface area contributed by atoms with Crippen LogP contribution in [0.4, 0.5) is 5.69 Å². The van der Waals surface area contributed by atoms with Crippen molar-refractivity contribution in [3.8, 4) is 6.07 Å². The largest absolute Gasteiger partial charge is 0.346 e. The van der Waals surface area contributed by atoms with Crippen LogP contribution >= 0.6 is 12.2 Å². The third kappa shape index (κ3) is 4.68. The van der Waals surface area contributed by atoms with Gasteiger partial charge in [0.25, 0.3) is 0 Å². The van der Waals surface area contributed by atoms with E-state index in [1.807, 2.05) is 12.1 Å². The number of rotatable bonds is 4. The second-order valence-corrected chi connectivity index (χ2v) is 7.75. The lowest BCUT2D eigenvalue weighted by atomic mass is 9.96. The third-order valence-corrected chi connectivity index (χ3v) is 5.82. The summed E-state index contributed by atoms with van der Waals surface area (Å²) in [5.41, 5.74) is 4.19. The lowest BCUT2D eigenvalue weighted by Crippen LogP contribution is -2.50. The number of thiocarbonyl (C=S) groups is 1. The van der Waals surface area contributed by atoms with E-state index in [0.717, 1.165) is 37.0 Å². The van der Waals surface area contributed by atoms with E-state index in [-0.39, 0.29) is 6.04 Å². The summed E-state index contributed by atoms with van der Waals surface area (Å²) in [6.45, 7) is 3.61. The van der Waals surface area contributed by atoms with Crippen molar-refractivity contribution in [3.63, 3.8) is 0 Å². The van der Waals surface area contributed by atoms with Crippen molar-refractivity contribution < 1.29 is 0 Å². The lowest BCUT2D eigenvalue weighted by molar-refractivity contribution is 0.151. The number of hydrogen-bond donors (Lipinski definition) is 1. The summed E-state index contributed by atoms with van der Waals surface area (Å²) in [6.07, 6.45) is 0. The first kappa shape index (κ1) is 20.1. The molecule has 1 aliphatic rings. The van der Waals surface area contributed by atoms with Gasteiger partial charge in [-0.2, -0.15) is 5.26 Å². The zero-order valence-corrected chi connectivity index (χ0v) is 17.6. The summed E-state index contributed by atoms with van der Waals surface area (Å²) in [7, 11) is 0. The van der Waals surface area contributed by atoms with E-state index in [2.05, 4.69) is 81.8 Å². The highest BCUT2D eigenvalue weighted by Crippen LogP contribution is 2.29. The normalized spacial score (nSPS) is 14.3. The van der Waals surface area contributed by atoms with E-state index in [1.165, 1.54) is 11.1 Å². The van der Waals surface area contributed by atoms with Crippen LogP contribution in [-0.2, 0) is 0 Å². The van der Waals surface area contributed by atoms with Crippen molar-refractivity contribution in [2.45, 2.75) is 6.04 Å². The van der Waals surface area contributed by atoms with Crippen LogP contribution in [-0.4, -0.2) is 41.1 Å². The molecule has 1 heterocycles. The maximum absolute atomic E-state index is 8.94. The molecule has 0 aliphatic carbocycles. The van der Waals surface area contributed by atoms with E-state index in [1.54, 1.807) is 12.1 Å². The predicted octanol–water partition coefficient (Wildman–Crippen LogP) is 4.66. The van der Waals surface area contributed by atoms with Crippen LogP contribution in [0.3, 0.4) is 0 Å². The molecule has 0 saturated carbocycles. The van der Waals surface area contributed by atoms with Crippen LogP contribution in [0.5, 0.6) is 0 Å². The topological polar surface area (TPSA) is 42.3 Å². The molecule has 1 aliphatic heterocycles. The first-order valence-corrected chi connectivity index (χ1v) is 10.6. The summed E-state index contributed by atoms with van der Waals surface area (Å²) in [5, 5.41) is 13.0. The smallest absolute Gasteiger partial charge is 0.173 e. The fraction of sp³-hybridized carbons (Fsp3) is 0.200. The molecule has 4 rings (SSSR count). The van der Waals surface area contributed by atoms with Gasteiger partial charge in [-0.05, 0) is 47.6 Å². The van der Waals surface area contributed by atoms with Gasteiger partial charge < -0.3 is 10.2 Å². The van der Waals surface area contributed by atoms with Gasteiger partial charge in [0.1, 0.15) is 0 Å². The average molecular weight is 413 g/mol. The molecule has 0 radical (unpaired) electrons. The number of nitriles is 1. The molecule has 1 saturated heterocycles. The second kappa shape index (κ2) is 9.53. The van der Waals surface area contributed by atoms with Gasteiger partial charge in [-0.1, -0.05) is 60.7 Å². The monoisotopic (exact) mass is 412 g/mol. The Morgan fingerprint density at radius 1 is 0.800 bits per heavy atom. The Morgan fingerprint density at radius 2 is 1.33 bits per heavy atom. The summed E-state index contributed by atoms with van der Waals surface area (Å²) >= 11 is 5.64. The van der Waals surface area contributed by atoms with Crippen molar-refractivity contribution in [3.05, 3.63) is 102 Å². The van der Waals surface area contributed by atoms with Crippen LogP contribution < -0.4 is 5.32 Å². The summed E-state index contributed by atoms with van der Waals surface area (Å²) in [5.74, 6) is 0. The highest BCUT2D eigenvalue weighted by molar-refractivity contribution is 7.80. The minimum atomic E-state index is 0.245. The predicted molar refractivity (Wildman–Crippen MR) is 125 cm³/mol. The van der Waals surface area contributed by atoms with Gasteiger partial charge in [0.2, 0.25) is 0 Å². The molecule has 4 nitrogen and oxygen atoms in total. The average Bonchev–Trinajstić information content (AvgIpc) is 2.81. The van der Waals surface area contributed by atoms with Gasteiger partial charge in [-0.3, -0.25) is 4.90 Å². The van der Waals surface area contributed by atoms with E-state index in [4.69, 9.17) is 17.5 Å². The molecule has 3 aromatic carbocycles. The Bertz CT molecular complexity index is 965. The molecule has 30 heavy (non-hydrogen) atoms. The maximum atomic E-state index is 8.94. The third-order valence-electron chi connectivity index (χ3n) is 5.46. The quantitative estimate of drug-likeness (QED) is 0.631. The minimum Gasteiger partial charge on any atom is -0.346 e. The highest BCUT2D eigenvalue weighted by Gasteiger charge is 2.27. The van der Waals surface area contributed by atoms with E-state index >= 15 is 0 Å². The van der Waals surface area contributed by atoms with Crippen LogP contribution in [0.25, 0.3) is 0 Å². The summed E-state index contributed by atoms with van der Waals surface area (Å²) in [6, 6.07) is 31.2. The van der Waals surface area contributed by atoms with Gasteiger partial charge in [0.05, 0.1) is 17.7 Å². The first-order valence-electron chi connectivity index (χ1n) is 10.1. The van der Waals surface area contributed by atoms with Gasteiger partial charge >= 0.3 is 0 Å². The van der Waals surface area contributed by atoms with Gasteiger partial charge in [-0.15, -0.1) is 0 Å². The van der Waals surface area contributed by atoms with Gasteiger partial charge in [0, 0.05) is 31.9 Å². The molecular weight excluding hydrogens is 388 g/mol. The molecule has 0 atom stereocenters. The standard InChI is InChI=1S/C25H24N4S/c26-19-20-11-13-23(14-12-20)27-25(30)29-17-15-28(16-18-29)24(21-7-3-1-4-8-21)22-9-5-2-6-10-22/h1-14,24H,15-18H2,(H,27,30). The zero-order valence-electron chi connectivity index (χ0n) is 16.7. The Labute approximate surface area is 183 Å². The molecule has 3 aromatic rings. The molecule has 0 bridgehead atoms. The van der Waals surface area contributed by atoms with Gasteiger partial charge in [0.15, 0.2) is 5.11 Å². The van der Waals surface area contributed by atoms with E-state index in [0.29, 0.717) is 5.56 Å².